The predicted octanol–water partition coefficient (Wildman–Crippen LogP) is 3.68. The number of nitro groups is 1. The van der Waals surface area contributed by atoms with Crippen molar-refractivity contribution in [1.29, 1.82) is 0 Å². The van der Waals surface area contributed by atoms with Crippen LogP contribution in [0.1, 0.15) is 24.8 Å². The monoisotopic (exact) mass is 355 g/mol. The normalized spacial score (nSPS) is 10.2. The first-order valence-corrected chi connectivity index (χ1v) is 8.25. The fourth-order valence-electron chi connectivity index (χ4n) is 2.53. The summed E-state index contributed by atoms with van der Waals surface area (Å²) in [7, 11) is 1.70. The molecule has 0 aliphatic heterocycles. The van der Waals surface area contributed by atoms with Crippen LogP contribution in [-0.2, 0) is 9.59 Å². The molecule has 7 nitrogen and oxygen atoms in total. The molecule has 0 atom stereocenters. The molecule has 136 valence electrons. The van der Waals surface area contributed by atoms with Crippen LogP contribution in [0.2, 0.25) is 0 Å². The average Bonchev–Trinajstić information content (AvgIpc) is 2.63. The van der Waals surface area contributed by atoms with Crippen LogP contribution in [0.5, 0.6) is 0 Å². The lowest BCUT2D eigenvalue weighted by Gasteiger charge is -2.17. The van der Waals surface area contributed by atoms with Gasteiger partial charge in [0.05, 0.1) is 16.2 Å². The number of carbonyl (C=O) groups excluding carboxylic acids is 2. The topological polar surface area (TPSA) is 92.6 Å². The molecule has 0 radical (unpaired) electrons. The zero-order valence-corrected chi connectivity index (χ0v) is 14.8. The molecule has 0 aromatic heterocycles. The molecule has 0 aliphatic rings. The Kier molecular flexibility index (Phi) is 6.43. The maximum Gasteiger partial charge on any atom is 0.274 e. The van der Waals surface area contributed by atoms with E-state index >= 15 is 0 Å². The predicted molar refractivity (Wildman–Crippen MR) is 100 cm³/mol. The molecular weight excluding hydrogens is 334 g/mol. The first-order valence-electron chi connectivity index (χ1n) is 8.25. The Labute approximate surface area is 151 Å². The second-order valence-electron chi connectivity index (χ2n) is 5.90. The number of nitrogens with zero attached hydrogens (tertiary/aromatic N) is 2. The molecule has 26 heavy (non-hydrogen) atoms. The molecule has 0 aliphatic carbocycles. The van der Waals surface area contributed by atoms with Crippen molar-refractivity contribution < 1.29 is 14.5 Å². The lowest BCUT2D eigenvalue weighted by atomic mass is 10.1. The quantitative estimate of drug-likeness (QED) is 0.606. The number of benzene rings is 2. The minimum Gasteiger partial charge on any atom is -0.326 e. The Balaban J connectivity index is 1.85. The molecule has 2 rings (SSSR count). The molecular formula is C19H21N3O4. The third-order valence-corrected chi connectivity index (χ3v) is 4.09. The van der Waals surface area contributed by atoms with Crippen LogP contribution in [0.25, 0.3) is 0 Å². The van der Waals surface area contributed by atoms with Crippen molar-refractivity contribution in [2.75, 3.05) is 17.3 Å². The van der Waals surface area contributed by atoms with E-state index in [0.717, 1.165) is 5.69 Å². The van der Waals surface area contributed by atoms with Crippen LogP contribution in [0.4, 0.5) is 17.1 Å². The first kappa shape index (κ1) is 19.1. The molecule has 0 unspecified atom stereocenters. The van der Waals surface area contributed by atoms with Crippen LogP contribution in [0.15, 0.2) is 48.5 Å². The number of nitrogens with one attached hydrogen (secondary N) is 1. The summed E-state index contributed by atoms with van der Waals surface area (Å²) in [5.74, 6) is -0.348. The van der Waals surface area contributed by atoms with Gasteiger partial charge < -0.3 is 10.2 Å². The number of para-hydroxylation sites is 1. The molecule has 7 heteroatoms. The van der Waals surface area contributed by atoms with Crippen molar-refractivity contribution in [3.8, 4) is 0 Å². The number of hydrogen-bond donors (Lipinski definition) is 1. The van der Waals surface area contributed by atoms with Gasteiger partial charge in [0.15, 0.2) is 0 Å². The second kappa shape index (κ2) is 8.75. The smallest absolute Gasteiger partial charge is 0.274 e. The van der Waals surface area contributed by atoms with E-state index in [1.54, 1.807) is 24.9 Å². The van der Waals surface area contributed by atoms with Crippen molar-refractivity contribution in [3.05, 3.63) is 64.2 Å². The fraction of sp³-hybridized carbons (Fsp3) is 0.263. The van der Waals surface area contributed by atoms with Gasteiger partial charge in [0.1, 0.15) is 0 Å². The molecule has 2 aromatic rings. The van der Waals surface area contributed by atoms with Gasteiger partial charge in [-0.25, -0.2) is 0 Å². The molecule has 2 aromatic carbocycles. The van der Waals surface area contributed by atoms with Crippen molar-refractivity contribution >= 4 is 28.9 Å². The van der Waals surface area contributed by atoms with Crippen molar-refractivity contribution in [1.82, 2.24) is 0 Å². The molecule has 0 fully saturated rings. The van der Waals surface area contributed by atoms with Crippen LogP contribution in [0.3, 0.4) is 0 Å². The summed E-state index contributed by atoms with van der Waals surface area (Å²) in [6.07, 6.45) is 0.805. The van der Waals surface area contributed by atoms with Crippen LogP contribution >= 0.6 is 0 Å². The first-order chi connectivity index (χ1) is 12.4. The molecule has 0 saturated heterocycles. The van der Waals surface area contributed by atoms with E-state index in [1.807, 2.05) is 30.3 Å². The third-order valence-electron chi connectivity index (χ3n) is 4.09. The Morgan fingerprint density at radius 3 is 2.42 bits per heavy atom. The van der Waals surface area contributed by atoms with Crippen LogP contribution in [0, 0.1) is 17.0 Å². The number of anilines is 2. The maximum atomic E-state index is 12.2. The number of carbonyl (C=O) groups is 2. The highest BCUT2D eigenvalue weighted by Gasteiger charge is 2.15. The summed E-state index contributed by atoms with van der Waals surface area (Å²) < 4.78 is 0. The van der Waals surface area contributed by atoms with Crippen LogP contribution in [-0.4, -0.2) is 23.8 Å². The minimum atomic E-state index is -0.483. The maximum absolute atomic E-state index is 12.2. The lowest BCUT2D eigenvalue weighted by molar-refractivity contribution is -0.385. The summed E-state index contributed by atoms with van der Waals surface area (Å²) in [6, 6.07) is 13.8. The summed E-state index contributed by atoms with van der Waals surface area (Å²) in [4.78, 5) is 36.3. The highest BCUT2D eigenvalue weighted by atomic mass is 16.6. The third kappa shape index (κ3) is 4.89. The fourth-order valence-corrected chi connectivity index (χ4v) is 2.53. The van der Waals surface area contributed by atoms with Gasteiger partial charge in [-0.1, -0.05) is 24.3 Å². The van der Waals surface area contributed by atoms with Gasteiger partial charge in [-0.2, -0.15) is 0 Å². The highest BCUT2D eigenvalue weighted by Crippen LogP contribution is 2.25. The molecule has 0 saturated carbocycles. The Bertz CT molecular complexity index is 806. The molecule has 0 spiro atoms. The van der Waals surface area contributed by atoms with E-state index in [4.69, 9.17) is 0 Å². The van der Waals surface area contributed by atoms with Gasteiger partial charge in [-0.05, 0) is 31.5 Å². The lowest BCUT2D eigenvalue weighted by Crippen LogP contribution is -2.26. The number of rotatable bonds is 7. The summed E-state index contributed by atoms with van der Waals surface area (Å²) in [5.41, 5.74) is 1.58. The highest BCUT2D eigenvalue weighted by molar-refractivity contribution is 5.94. The largest absolute Gasteiger partial charge is 0.326 e. The van der Waals surface area contributed by atoms with Gasteiger partial charge in [0.2, 0.25) is 11.8 Å². The molecule has 2 amide bonds. The standard InChI is InChI=1S/C19H21N3O4/c1-14-16(10-6-11-17(14)22(25)26)20-18(23)12-7-13-19(24)21(2)15-8-4-3-5-9-15/h3-6,8-11H,7,12-13H2,1-2H3,(H,20,23). The van der Waals surface area contributed by atoms with Gasteiger partial charge in [-0.15, -0.1) is 0 Å². The van der Waals surface area contributed by atoms with Gasteiger partial charge in [0, 0.05) is 31.6 Å². The summed E-state index contributed by atoms with van der Waals surface area (Å²) in [6.45, 7) is 1.59. The van der Waals surface area contributed by atoms with E-state index in [2.05, 4.69) is 5.32 Å². The van der Waals surface area contributed by atoms with Gasteiger partial charge >= 0.3 is 0 Å². The summed E-state index contributed by atoms with van der Waals surface area (Å²) >= 11 is 0. The molecule has 1 N–H and O–H groups in total. The van der Waals surface area contributed by atoms with Crippen molar-refractivity contribution in [3.63, 3.8) is 0 Å². The zero-order chi connectivity index (χ0) is 19.1. The minimum absolute atomic E-state index is 0.0394. The number of nitro benzene ring substituents is 1. The van der Waals surface area contributed by atoms with E-state index in [1.165, 1.54) is 12.1 Å². The van der Waals surface area contributed by atoms with Crippen LogP contribution < -0.4 is 10.2 Å². The second-order valence-corrected chi connectivity index (χ2v) is 5.90. The van der Waals surface area contributed by atoms with Crippen molar-refractivity contribution in [2.45, 2.75) is 26.2 Å². The zero-order valence-electron chi connectivity index (χ0n) is 14.8. The number of hydrogen-bond acceptors (Lipinski definition) is 4. The SMILES string of the molecule is Cc1c(NC(=O)CCCC(=O)N(C)c2ccccc2)cccc1[N+](=O)[O-]. The summed E-state index contributed by atoms with van der Waals surface area (Å²) in [5, 5.41) is 13.6. The Morgan fingerprint density at radius 2 is 1.77 bits per heavy atom. The number of amides is 2. The van der Waals surface area contributed by atoms with E-state index in [-0.39, 0.29) is 30.3 Å². The van der Waals surface area contributed by atoms with E-state index in [0.29, 0.717) is 17.7 Å². The van der Waals surface area contributed by atoms with E-state index < -0.39 is 4.92 Å². The van der Waals surface area contributed by atoms with Gasteiger partial charge in [0.25, 0.3) is 5.69 Å². The Hall–Kier alpha value is -3.22. The van der Waals surface area contributed by atoms with E-state index in [9.17, 15) is 19.7 Å². The Morgan fingerprint density at radius 1 is 1.08 bits per heavy atom. The average molecular weight is 355 g/mol. The molecule has 0 heterocycles. The molecule has 0 bridgehead atoms. The van der Waals surface area contributed by atoms with Gasteiger partial charge in [-0.3, -0.25) is 19.7 Å². The van der Waals surface area contributed by atoms with Crippen molar-refractivity contribution in [2.24, 2.45) is 0 Å².